The van der Waals surface area contributed by atoms with E-state index in [9.17, 15) is 22.8 Å². The lowest BCUT2D eigenvalue weighted by atomic mass is 9.96. The van der Waals surface area contributed by atoms with Gasteiger partial charge in [-0.2, -0.15) is 13.2 Å². The van der Waals surface area contributed by atoms with Gasteiger partial charge in [0.05, 0.1) is 24.9 Å². The van der Waals surface area contributed by atoms with E-state index in [0.717, 1.165) is 0 Å². The van der Waals surface area contributed by atoms with Crippen molar-refractivity contribution in [1.82, 2.24) is 10.2 Å². The molecule has 1 aliphatic heterocycles. The van der Waals surface area contributed by atoms with E-state index >= 15 is 0 Å². The third-order valence-corrected chi connectivity index (χ3v) is 4.22. The molecule has 1 aliphatic rings. The average molecular weight is 395 g/mol. The first-order valence-electron chi connectivity index (χ1n) is 7.83. The minimum absolute atomic E-state index is 0.157. The Hall–Kier alpha value is -2.00. The zero-order valence-corrected chi connectivity index (χ0v) is 14.4. The van der Waals surface area contributed by atoms with Crippen molar-refractivity contribution in [1.29, 1.82) is 0 Å². The van der Waals surface area contributed by atoms with Crippen LogP contribution in [-0.2, 0) is 9.59 Å². The maximum absolute atomic E-state index is 12.9. The molecule has 1 aromatic carbocycles. The molecule has 144 valence electrons. The second-order valence-electron chi connectivity index (χ2n) is 5.94. The molecule has 2 N–H and O–H groups in total. The number of hydrogen-bond donors (Lipinski definition) is 2. The Balaban J connectivity index is 1.75. The zero-order valence-electron chi connectivity index (χ0n) is 13.6. The number of carboxylic acid groups (broad SMARTS) is 1. The molecule has 0 spiro atoms. The van der Waals surface area contributed by atoms with E-state index in [0.29, 0.717) is 10.8 Å². The monoisotopic (exact) mass is 394 g/mol. The minimum Gasteiger partial charge on any atom is -0.492 e. The number of carboxylic acids is 1. The van der Waals surface area contributed by atoms with E-state index in [2.05, 4.69) is 5.32 Å². The summed E-state index contributed by atoms with van der Waals surface area (Å²) >= 11 is 5.80. The zero-order chi connectivity index (χ0) is 19.3. The number of carbonyl (C=O) groups is 2. The Morgan fingerprint density at radius 3 is 2.65 bits per heavy atom. The fourth-order valence-electron chi connectivity index (χ4n) is 2.77. The molecule has 6 nitrogen and oxygen atoms in total. The van der Waals surface area contributed by atoms with E-state index in [-0.39, 0.29) is 26.2 Å². The predicted octanol–water partition coefficient (Wildman–Crippen LogP) is 2.03. The topological polar surface area (TPSA) is 78.9 Å². The van der Waals surface area contributed by atoms with Crippen molar-refractivity contribution in [3.8, 4) is 5.75 Å². The number of halogens is 4. The molecule has 1 aromatic rings. The lowest BCUT2D eigenvalue weighted by Gasteiger charge is -2.18. The van der Waals surface area contributed by atoms with Crippen molar-refractivity contribution in [3.05, 3.63) is 29.3 Å². The van der Waals surface area contributed by atoms with Gasteiger partial charge in [-0.1, -0.05) is 17.7 Å². The van der Waals surface area contributed by atoms with Gasteiger partial charge in [0, 0.05) is 18.1 Å². The first-order valence-corrected chi connectivity index (χ1v) is 8.21. The molecule has 1 amide bonds. The average Bonchev–Trinajstić information content (AvgIpc) is 2.96. The van der Waals surface area contributed by atoms with Crippen molar-refractivity contribution in [3.63, 3.8) is 0 Å². The van der Waals surface area contributed by atoms with Gasteiger partial charge in [-0.05, 0) is 18.2 Å². The van der Waals surface area contributed by atoms with Crippen LogP contribution in [0, 0.1) is 11.8 Å². The number of alkyl halides is 3. The van der Waals surface area contributed by atoms with Crippen LogP contribution in [0.15, 0.2) is 24.3 Å². The van der Waals surface area contributed by atoms with E-state index in [1.54, 1.807) is 24.3 Å². The van der Waals surface area contributed by atoms with Crippen molar-refractivity contribution < 1.29 is 32.6 Å². The highest BCUT2D eigenvalue weighted by atomic mass is 35.5. The fraction of sp³-hybridized carbons (Fsp3) is 0.500. The van der Waals surface area contributed by atoms with E-state index in [4.69, 9.17) is 21.4 Å². The highest BCUT2D eigenvalue weighted by Gasteiger charge is 2.52. The van der Waals surface area contributed by atoms with Crippen LogP contribution in [-0.4, -0.2) is 60.8 Å². The summed E-state index contributed by atoms with van der Waals surface area (Å²) in [5, 5.41) is 12.0. The summed E-state index contributed by atoms with van der Waals surface area (Å²) in [6.45, 7) is -0.800. The first kappa shape index (κ1) is 20.3. The third-order valence-electron chi connectivity index (χ3n) is 3.99. The van der Waals surface area contributed by atoms with Crippen LogP contribution in [0.1, 0.15) is 0 Å². The highest BCUT2D eigenvalue weighted by Crippen LogP contribution is 2.37. The molecule has 0 unspecified atom stereocenters. The standard InChI is InChI=1S/C16H18ClF3N2O4/c17-10-2-1-3-11(6-10)26-5-4-21-14(23)9-22-7-12(15(24)25)13(8-22)16(18,19)20/h1-3,6,12-13H,4-5,7-9H2,(H,21,23)(H,24,25)/t12-,13-/m1/s1. The summed E-state index contributed by atoms with van der Waals surface area (Å²) in [7, 11) is 0. The number of hydrogen-bond acceptors (Lipinski definition) is 4. The Morgan fingerprint density at radius 1 is 1.35 bits per heavy atom. The summed E-state index contributed by atoms with van der Waals surface area (Å²) in [5.41, 5.74) is 0. The van der Waals surface area contributed by atoms with Crippen LogP contribution in [0.4, 0.5) is 13.2 Å². The molecule has 0 aromatic heterocycles. The maximum atomic E-state index is 12.9. The second kappa shape index (κ2) is 8.59. The van der Waals surface area contributed by atoms with Gasteiger partial charge in [0.2, 0.25) is 5.91 Å². The minimum atomic E-state index is -4.61. The number of aliphatic carboxylic acids is 1. The summed E-state index contributed by atoms with van der Waals surface area (Å²) in [5.74, 6) is -5.01. The fourth-order valence-corrected chi connectivity index (χ4v) is 2.95. The quantitative estimate of drug-likeness (QED) is 0.692. The number of benzene rings is 1. The van der Waals surface area contributed by atoms with Crippen LogP contribution >= 0.6 is 11.6 Å². The molecule has 2 atom stereocenters. The van der Waals surface area contributed by atoms with Gasteiger partial charge in [-0.3, -0.25) is 14.5 Å². The molecule has 1 saturated heterocycles. The predicted molar refractivity (Wildman–Crippen MR) is 87.1 cm³/mol. The van der Waals surface area contributed by atoms with Gasteiger partial charge in [0.25, 0.3) is 0 Å². The van der Waals surface area contributed by atoms with Crippen molar-refractivity contribution in [2.24, 2.45) is 11.8 Å². The van der Waals surface area contributed by atoms with Gasteiger partial charge < -0.3 is 15.2 Å². The summed E-state index contributed by atoms with van der Waals surface area (Å²) in [6.07, 6.45) is -4.61. The summed E-state index contributed by atoms with van der Waals surface area (Å²) < 4.78 is 44.1. The van der Waals surface area contributed by atoms with Crippen LogP contribution in [0.3, 0.4) is 0 Å². The molecular weight excluding hydrogens is 377 g/mol. The molecule has 2 rings (SSSR count). The number of nitrogens with zero attached hydrogens (tertiary/aromatic N) is 1. The van der Waals surface area contributed by atoms with Crippen LogP contribution in [0.2, 0.25) is 5.02 Å². The number of rotatable bonds is 7. The summed E-state index contributed by atoms with van der Waals surface area (Å²) in [4.78, 5) is 24.0. The molecule has 10 heteroatoms. The second-order valence-corrected chi connectivity index (χ2v) is 6.38. The van der Waals surface area contributed by atoms with Crippen LogP contribution in [0.5, 0.6) is 5.75 Å². The Kier molecular flexibility index (Phi) is 6.71. The lowest BCUT2D eigenvalue weighted by molar-refractivity contribution is -0.188. The number of ether oxygens (including phenoxy) is 1. The molecule has 0 bridgehead atoms. The van der Waals surface area contributed by atoms with Crippen LogP contribution < -0.4 is 10.1 Å². The molecule has 1 fully saturated rings. The van der Waals surface area contributed by atoms with E-state index in [1.165, 1.54) is 4.90 Å². The molecule has 0 aliphatic carbocycles. The number of amides is 1. The SMILES string of the molecule is O=C(CN1C[C@@H](C(F)(F)F)[C@H](C(=O)O)C1)NCCOc1cccc(Cl)c1. The van der Waals surface area contributed by atoms with Gasteiger partial charge in [0.15, 0.2) is 0 Å². The lowest BCUT2D eigenvalue weighted by Crippen LogP contribution is -2.38. The summed E-state index contributed by atoms with van der Waals surface area (Å²) in [6, 6.07) is 6.70. The van der Waals surface area contributed by atoms with Crippen molar-refractivity contribution >= 4 is 23.5 Å². The number of carbonyl (C=O) groups excluding carboxylic acids is 1. The van der Waals surface area contributed by atoms with Crippen molar-refractivity contribution in [2.75, 3.05) is 32.8 Å². The molecule has 1 heterocycles. The maximum Gasteiger partial charge on any atom is 0.393 e. The third kappa shape index (κ3) is 5.77. The first-order chi connectivity index (χ1) is 12.2. The largest absolute Gasteiger partial charge is 0.492 e. The van der Waals surface area contributed by atoms with Crippen molar-refractivity contribution in [2.45, 2.75) is 6.18 Å². The smallest absolute Gasteiger partial charge is 0.393 e. The van der Waals surface area contributed by atoms with Gasteiger partial charge in [0.1, 0.15) is 12.4 Å². The Labute approximate surface area is 152 Å². The Morgan fingerprint density at radius 2 is 2.08 bits per heavy atom. The highest BCUT2D eigenvalue weighted by molar-refractivity contribution is 6.30. The molecular formula is C16H18ClF3N2O4. The molecule has 26 heavy (non-hydrogen) atoms. The van der Waals surface area contributed by atoms with E-state index < -0.39 is 36.4 Å². The van der Waals surface area contributed by atoms with Crippen LogP contribution in [0.25, 0.3) is 0 Å². The Bertz CT molecular complexity index is 657. The van der Waals surface area contributed by atoms with Gasteiger partial charge in [-0.25, -0.2) is 0 Å². The molecule has 0 radical (unpaired) electrons. The van der Waals surface area contributed by atoms with Gasteiger partial charge >= 0.3 is 12.1 Å². The number of likely N-dealkylation sites (tertiary alicyclic amines) is 1. The normalized spacial score (nSPS) is 20.8. The molecule has 0 saturated carbocycles. The van der Waals surface area contributed by atoms with E-state index in [1.807, 2.05) is 0 Å². The van der Waals surface area contributed by atoms with Gasteiger partial charge in [-0.15, -0.1) is 0 Å². The number of nitrogens with one attached hydrogen (secondary N) is 1.